The third-order valence-electron chi connectivity index (χ3n) is 3.19. The van der Waals surface area contributed by atoms with Gasteiger partial charge in [0.05, 0.1) is 12.1 Å². The summed E-state index contributed by atoms with van der Waals surface area (Å²) in [6.45, 7) is 0.814. The van der Waals surface area contributed by atoms with Crippen LogP contribution in [0, 0.1) is 0 Å². The number of carbonyl (C=O) groups is 3. The summed E-state index contributed by atoms with van der Waals surface area (Å²) in [6.07, 6.45) is -23.9. The Morgan fingerprint density at radius 1 is 0.857 bits per heavy atom. The highest BCUT2D eigenvalue weighted by Gasteiger charge is 2.51. The first-order valence-corrected chi connectivity index (χ1v) is 7.01. The zero-order valence-corrected chi connectivity index (χ0v) is 13.4. The van der Waals surface area contributed by atoms with E-state index in [4.69, 9.17) is 0 Å². The molecule has 1 heterocycles. The molecule has 16 heteroatoms. The zero-order valence-electron chi connectivity index (χ0n) is 13.4. The molecule has 0 spiro atoms. The highest BCUT2D eigenvalue weighted by molar-refractivity contribution is 5.82. The predicted molar refractivity (Wildman–Crippen MR) is 65.0 cm³/mol. The van der Waals surface area contributed by atoms with Gasteiger partial charge in [-0.15, -0.1) is 0 Å². The molecule has 28 heavy (non-hydrogen) atoms. The first-order valence-electron chi connectivity index (χ1n) is 7.01. The minimum absolute atomic E-state index is 0.814. The summed E-state index contributed by atoms with van der Waals surface area (Å²) >= 11 is 0. The van der Waals surface area contributed by atoms with E-state index in [1.165, 1.54) is 5.32 Å². The van der Waals surface area contributed by atoms with Crippen molar-refractivity contribution < 1.29 is 68.1 Å². The first-order chi connectivity index (χ1) is 12.4. The number of hydrogen-bond acceptors (Lipinski definition) is 6. The molecular formula is C12H10F9NO6. The highest BCUT2D eigenvalue weighted by Crippen LogP contribution is 2.29. The van der Waals surface area contributed by atoms with Crippen LogP contribution in [0.25, 0.3) is 0 Å². The number of rotatable bonds is 3. The summed E-state index contributed by atoms with van der Waals surface area (Å²) in [6, 6.07) is -2.12. The van der Waals surface area contributed by atoms with Crippen molar-refractivity contribution in [1.29, 1.82) is 0 Å². The van der Waals surface area contributed by atoms with Crippen LogP contribution in [0.3, 0.4) is 0 Å². The van der Waals surface area contributed by atoms with Crippen LogP contribution < -0.4 is 5.32 Å². The largest absolute Gasteiger partial charge is 0.491 e. The number of hydrogen-bond donors (Lipinski definition) is 1. The van der Waals surface area contributed by atoms with Gasteiger partial charge in [0, 0.05) is 6.42 Å². The van der Waals surface area contributed by atoms with Crippen LogP contribution in [0.5, 0.6) is 0 Å². The SMILES string of the molecule is C[C@@H]1OC(OC(=O)C(F)(F)F)C[C@H](NC(=O)C(F)(F)F)[C@@H]1OC(=O)C(F)(F)F. The number of amides is 1. The maximum Gasteiger partial charge on any atom is 0.491 e. The van der Waals surface area contributed by atoms with Gasteiger partial charge >= 0.3 is 36.4 Å². The Bertz CT molecular complexity index is 614. The summed E-state index contributed by atoms with van der Waals surface area (Å²) in [5, 5.41) is 1.18. The lowest BCUT2D eigenvalue weighted by Gasteiger charge is -2.39. The summed E-state index contributed by atoms with van der Waals surface area (Å²) in [5.74, 6) is -8.32. The summed E-state index contributed by atoms with van der Waals surface area (Å²) in [7, 11) is 0. The van der Waals surface area contributed by atoms with Crippen LogP contribution in [0.4, 0.5) is 39.5 Å². The number of alkyl halides is 9. The topological polar surface area (TPSA) is 90.9 Å². The van der Waals surface area contributed by atoms with Crippen molar-refractivity contribution in [3.63, 3.8) is 0 Å². The molecular weight excluding hydrogens is 425 g/mol. The Balaban J connectivity index is 3.03. The maximum absolute atomic E-state index is 12.4. The fraction of sp³-hybridized carbons (Fsp3) is 0.750. The minimum Gasteiger partial charge on any atom is -0.451 e. The van der Waals surface area contributed by atoms with E-state index in [1.807, 2.05) is 0 Å². The second-order valence-corrected chi connectivity index (χ2v) is 5.35. The maximum atomic E-state index is 12.4. The molecule has 1 fully saturated rings. The van der Waals surface area contributed by atoms with Crippen molar-refractivity contribution in [3.8, 4) is 0 Å². The molecule has 1 amide bonds. The van der Waals surface area contributed by atoms with Crippen LogP contribution >= 0.6 is 0 Å². The van der Waals surface area contributed by atoms with Gasteiger partial charge in [-0.05, 0) is 6.92 Å². The van der Waals surface area contributed by atoms with E-state index in [9.17, 15) is 53.9 Å². The molecule has 7 nitrogen and oxygen atoms in total. The van der Waals surface area contributed by atoms with Crippen LogP contribution in [-0.2, 0) is 28.6 Å². The van der Waals surface area contributed by atoms with E-state index in [2.05, 4.69) is 14.2 Å². The Labute approximate surface area is 149 Å². The highest BCUT2D eigenvalue weighted by atomic mass is 19.4. The molecule has 0 aromatic carbocycles. The number of nitrogens with one attached hydrogen (secondary N) is 1. The van der Waals surface area contributed by atoms with E-state index >= 15 is 0 Å². The fourth-order valence-corrected chi connectivity index (χ4v) is 2.06. The van der Waals surface area contributed by atoms with Gasteiger partial charge in [0.25, 0.3) is 0 Å². The Morgan fingerprint density at radius 3 is 1.75 bits per heavy atom. The normalized spacial score (nSPS) is 26.4. The summed E-state index contributed by atoms with van der Waals surface area (Å²) in [5.41, 5.74) is 0. The number of carbonyl (C=O) groups excluding carboxylic acids is 3. The molecule has 1 aliphatic rings. The molecule has 0 radical (unpaired) electrons. The van der Waals surface area contributed by atoms with Crippen LogP contribution in [-0.4, -0.2) is 60.9 Å². The van der Waals surface area contributed by atoms with E-state index < -0.39 is 67.3 Å². The lowest BCUT2D eigenvalue weighted by atomic mass is 9.99. The third-order valence-corrected chi connectivity index (χ3v) is 3.19. The molecule has 0 aromatic rings. The Hall–Kier alpha value is -2.26. The number of halogens is 9. The van der Waals surface area contributed by atoms with Gasteiger partial charge < -0.3 is 19.5 Å². The zero-order chi connectivity index (χ0) is 22.1. The number of ether oxygens (including phenoxy) is 3. The summed E-state index contributed by atoms with van der Waals surface area (Å²) in [4.78, 5) is 32.7. The van der Waals surface area contributed by atoms with Crippen molar-refractivity contribution in [2.45, 2.75) is 56.4 Å². The monoisotopic (exact) mass is 435 g/mol. The molecule has 1 unspecified atom stereocenters. The van der Waals surface area contributed by atoms with Gasteiger partial charge in [-0.3, -0.25) is 4.79 Å². The van der Waals surface area contributed by atoms with Gasteiger partial charge in [0.2, 0.25) is 6.29 Å². The molecule has 0 bridgehead atoms. The van der Waals surface area contributed by atoms with Gasteiger partial charge in [0.1, 0.15) is 6.10 Å². The van der Waals surface area contributed by atoms with Crippen molar-refractivity contribution in [1.82, 2.24) is 5.32 Å². The van der Waals surface area contributed by atoms with Gasteiger partial charge in [0.15, 0.2) is 0 Å². The molecule has 0 aliphatic carbocycles. The van der Waals surface area contributed by atoms with Crippen LogP contribution in [0.15, 0.2) is 0 Å². The Morgan fingerprint density at radius 2 is 1.32 bits per heavy atom. The van der Waals surface area contributed by atoms with Gasteiger partial charge in [-0.25, -0.2) is 9.59 Å². The van der Waals surface area contributed by atoms with E-state index in [1.54, 1.807) is 0 Å². The van der Waals surface area contributed by atoms with Crippen LogP contribution in [0.2, 0.25) is 0 Å². The predicted octanol–water partition coefficient (Wildman–Crippen LogP) is 1.75. The minimum atomic E-state index is -5.56. The molecule has 1 saturated heterocycles. The van der Waals surface area contributed by atoms with Gasteiger partial charge in [-0.1, -0.05) is 0 Å². The van der Waals surface area contributed by atoms with E-state index in [0.29, 0.717) is 0 Å². The molecule has 1 N–H and O–H groups in total. The van der Waals surface area contributed by atoms with E-state index in [0.717, 1.165) is 6.92 Å². The average Bonchev–Trinajstić information content (AvgIpc) is 2.47. The van der Waals surface area contributed by atoms with Crippen molar-refractivity contribution >= 4 is 17.8 Å². The second kappa shape index (κ2) is 8.00. The molecule has 0 saturated carbocycles. The van der Waals surface area contributed by atoms with Crippen molar-refractivity contribution in [3.05, 3.63) is 0 Å². The molecule has 0 aromatic heterocycles. The molecule has 4 atom stereocenters. The first kappa shape index (κ1) is 23.8. The lowest BCUT2D eigenvalue weighted by molar-refractivity contribution is -0.260. The lowest BCUT2D eigenvalue weighted by Crippen LogP contribution is -2.59. The fourth-order valence-electron chi connectivity index (χ4n) is 2.06. The average molecular weight is 435 g/mol. The smallest absolute Gasteiger partial charge is 0.451 e. The number of esters is 2. The van der Waals surface area contributed by atoms with Crippen LogP contribution in [0.1, 0.15) is 13.3 Å². The standard InChI is InChI=1S/C12H10F9NO6/c1-3-6(28-9(25)12(19,20)21)4(22-7(23)10(13,14)15)2-5(26-3)27-8(24)11(16,17)18/h3-6H,2H2,1H3,(H,22,23)/t3-,4-,5?,6+/m0/s1. The molecule has 1 aliphatic heterocycles. The summed E-state index contributed by atoms with van der Waals surface area (Å²) < 4.78 is 123. The van der Waals surface area contributed by atoms with Crippen molar-refractivity contribution in [2.75, 3.05) is 0 Å². The molecule has 1 rings (SSSR count). The van der Waals surface area contributed by atoms with Gasteiger partial charge in [-0.2, -0.15) is 39.5 Å². The molecule has 162 valence electrons. The van der Waals surface area contributed by atoms with Crippen molar-refractivity contribution in [2.24, 2.45) is 0 Å². The third kappa shape index (κ3) is 6.42. The second-order valence-electron chi connectivity index (χ2n) is 5.35. The quantitative estimate of drug-likeness (QED) is 0.537. The van der Waals surface area contributed by atoms with E-state index in [-0.39, 0.29) is 0 Å². The Kier molecular flexibility index (Phi) is 6.80.